The first-order valence-corrected chi connectivity index (χ1v) is 9.04. The topological polar surface area (TPSA) is 37.3 Å². The van der Waals surface area contributed by atoms with Gasteiger partial charge in [-0.1, -0.05) is 37.7 Å². The van der Waals surface area contributed by atoms with E-state index in [9.17, 15) is 23.1 Å². The van der Waals surface area contributed by atoms with Gasteiger partial charge in [-0.3, -0.25) is 4.79 Å². The molecule has 1 rings (SSSR count). The lowest BCUT2D eigenvalue weighted by Gasteiger charge is -2.21. The average molecular weight is 352 g/mol. The van der Waals surface area contributed by atoms with Gasteiger partial charge in [-0.15, -0.1) is 0 Å². The van der Waals surface area contributed by atoms with Gasteiger partial charge in [0.2, 0.25) is 0 Å². The molecule has 0 fully saturated rings. The highest BCUT2D eigenvalue weighted by Crippen LogP contribution is 2.33. The summed E-state index contributed by atoms with van der Waals surface area (Å²) in [6.45, 7) is 3.79. The summed E-state index contributed by atoms with van der Waals surface area (Å²) in [7, 11) is 0. The number of carbonyl (C=O) groups is 1. The standard InChI is InChI=1S/C15H19F3O2S2/c1-3-21-9-12(14(20)22-4-2)13(19)10-5-7-11(8-6-10)15(16,17)18/h5-8,12-13,19H,3-4,9H2,1-2H3. The van der Waals surface area contributed by atoms with Crippen LogP contribution in [0.3, 0.4) is 0 Å². The fourth-order valence-corrected chi connectivity index (χ4v) is 3.52. The molecule has 7 heteroatoms. The van der Waals surface area contributed by atoms with Gasteiger partial charge in [-0.25, -0.2) is 0 Å². The van der Waals surface area contributed by atoms with Crippen molar-refractivity contribution in [2.24, 2.45) is 5.92 Å². The van der Waals surface area contributed by atoms with Crippen molar-refractivity contribution in [1.82, 2.24) is 0 Å². The van der Waals surface area contributed by atoms with E-state index in [0.717, 1.165) is 29.6 Å². The Balaban J connectivity index is 2.92. The summed E-state index contributed by atoms with van der Waals surface area (Å²) in [6, 6.07) is 4.34. The second kappa shape index (κ2) is 8.84. The SMILES string of the molecule is CCSCC(C(=O)SCC)C(O)c1ccc(C(F)(F)F)cc1. The predicted octanol–water partition coefficient (Wildman–Crippen LogP) is 4.39. The van der Waals surface area contributed by atoms with Crippen molar-refractivity contribution in [2.75, 3.05) is 17.3 Å². The van der Waals surface area contributed by atoms with Crippen molar-refractivity contribution in [2.45, 2.75) is 26.1 Å². The van der Waals surface area contributed by atoms with E-state index < -0.39 is 23.8 Å². The highest BCUT2D eigenvalue weighted by atomic mass is 32.2. The molecule has 124 valence electrons. The molecule has 0 spiro atoms. The minimum Gasteiger partial charge on any atom is -0.388 e. The maximum atomic E-state index is 12.6. The third-order valence-electron chi connectivity index (χ3n) is 3.05. The van der Waals surface area contributed by atoms with Gasteiger partial charge in [0, 0.05) is 5.75 Å². The van der Waals surface area contributed by atoms with Crippen LogP contribution in [0.5, 0.6) is 0 Å². The summed E-state index contributed by atoms with van der Waals surface area (Å²) in [5, 5.41) is 10.2. The second-order valence-corrected chi connectivity index (χ2v) is 7.17. The van der Waals surface area contributed by atoms with E-state index in [0.29, 0.717) is 17.1 Å². The van der Waals surface area contributed by atoms with Crippen LogP contribution >= 0.6 is 23.5 Å². The zero-order chi connectivity index (χ0) is 16.8. The fraction of sp³-hybridized carbons (Fsp3) is 0.533. The number of benzene rings is 1. The maximum Gasteiger partial charge on any atom is 0.416 e. The predicted molar refractivity (Wildman–Crippen MR) is 86.0 cm³/mol. The Kier molecular flexibility index (Phi) is 7.79. The Morgan fingerprint density at radius 3 is 2.23 bits per heavy atom. The molecule has 2 unspecified atom stereocenters. The molecular weight excluding hydrogens is 333 g/mol. The average Bonchev–Trinajstić information content (AvgIpc) is 2.47. The number of aliphatic hydroxyl groups excluding tert-OH is 1. The highest BCUT2D eigenvalue weighted by molar-refractivity contribution is 8.13. The molecule has 2 nitrogen and oxygen atoms in total. The Morgan fingerprint density at radius 1 is 1.18 bits per heavy atom. The van der Waals surface area contributed by atoms with E-state index in [4.69, 9.17) is 0 Å². The smallest absolute Gasteiger partial charge is 0.388 e. The van der Waals surface area contributed by atoms with Crippen LogP contribution in [0.15, 0.2) is 24.3 Å². The number of halogens is 3. The molecule has 0 radical (unpaired) electrons. The molecule has 0 saturated carbocycles. The van der Waals surface area contributed by atoms with Gasteiger partial charge in [0.25, 0.3) is 0 Å². The molecule has 0 aliphatic heterocycles. The minimum absolute atomic E-state index is 0.129. The quantitative estimate of drug-likeness (QED) is 0.790. The van der Waals surface area contributed by atoms with Crippen LogP contribution in [0.25, 0.3) is 0 Å². The van der Waals surface area contributed by atoms with E-state index in [1.165, 1.54) is 23.9 Å². The molecule has 1 aromatic rings. The number of aliphatic hydroxyl groups is 1. The lowest BCUT2D eigenvalue weighted by atomic mass is 9.97. The van der Waals surface area contributed by atoms with Crippen LogP contribution in [0, 0.1) is 5.92 Å². The Bertz CT molecular complexity index is 475. The van der Waals surface area contributed by atoms with Crippen molar-refractivity contribution >= 4 is 28.6 Å². The van der Waals surface area contributed by atoms with Crippen molar-refractivity contribution in [3.63, 3.8) is 0 Å². The summed E-state index contributed by atoms with van der Waals surface area (Å²) >= 11 is 2.65. The molecule has 1 N–H and O–H groups in total. The van der Waals surface area contributed by atoms with Gasteiger partial charge in [-0.2, -0.15) is 24.9 Å². The number of alkyl halides is 3. The van der Waals surface area contributed by atoms with Gasteiger partial charge < -0.3 is 5.11 Å². The van der Waals surface area contributed by atoms with Crippen molar-refractivity contribution < 1.29 is 23.1 Å². The second-order valence-electron chi connectivity index (χ2n) is 4.58. The molecule has 1 aromatic carbocycles. The molecular formula is C15H19F3O2S2. The minimum atomic E-state index is -4.41. The number of rotatable bonds is 7. The Labute approximate surface area is 136 Å². The molecule has 2 atom stereocenters. The summed E-state index contributed by atoms with van der Waals surface area (Å²) in [5.74, 6) is 1.24. The summed E-state index contributed by atoms with van der Waals surface area (Å²) in [6.07, 6.45) is -5.50. The monoisotopic (exact) mass is 352 g/mol. The van der Waals surface area contributed by atoms with Crippen molar-refractivity contribution in [1.29, 1.82) is 0 Å². The highest BCUT2D eigenvalue weighted by Gasteiger charge is 2.32. The van der Waals surface area contributed by atoms with Crippen LogP contribution in [0.4, 0.5) is 13.2 Å². The lowest BCUT2D eigenvalue weighted by Crippen LogP contribution is -2.23. The normalized spacial score (nSPS) is 14.6. The lowest BCUT2D eigenvalue weighted by molar-refractivity contribution is -0.137. The van der Waals surface area contributed by atoms with E-state index >= 15 is 0 Å². The van der Waals surface area contributed by atoms with E-state index in [1.54, 1.807) is 0 Å². The first kappa shape index (κ1) is 19.4. The molecule has 0 saturated heterocycles. The Morgan fingerprint density at radius 2 is 1.77 bits per heavy atom. The maximum absolute atomic E-state index is 12.6. The molecule has 0 aromatic heterocycles. The molecule has 0 bridgehead atoms. The summed E-state index contributed by atoms with van der Waals surface area (Å²) < 4.78 is 37.7. The number of thioether (sulfide) groups is 2. The number of carbonyl (C=O) groups excluding carboxylic acids is 1. The molecule has 0 aliphatic carbocycles. The van der Waals surface area contributed by atoms with Gasteiger partial charge >= 0.3 is 6.18 Å². The van der Waals surface area contributed by atoms with Crippen LogP contribution in [0.2, 0.25) is 0 Å². The van der Waals surface area contributed by atoms with E-state index in [1.807, 2.05) is 13.8 Å². The fourth-order valence-electron chi connectivity index (χ4n) is 1.88. The van der Waals surface area contributed by atoms with Crippen LogP contribution in [-0.2, 0) is 11.0 Å². The van der Waals surface area contributed by atoms with Crippen molar-refractivity contribution in [3.8, 4) is 0 Å². The van der Waals surface area contributed by atoms with Gasteiger partial charge in [-0.05, 0) is 29.2 Å². The molecule has 0 aliphatic rings. The number of hydrogen-bond acceptors (Lipinski definition) is 4. The van der Waals surface area contributed by atoms with Crippen LogP contribution in [0.1, 0.15) is 31.1 Å². The van der Waals surface area contributed by atoms with Crippen molar-refractivity contribution in [3.05, 3.63) is 35.4 Å². The largest absolute Gasteiger partial charge is 0.416 e. The zero-order valence-corrected chi connectivity index (χ0v) is 14.0. The third kappa shape index (κ3) is 5.52. The van der Waals surface area contributed by atoms with Gasteiger partial charge in [0.05, 0.1) is 17.6 Å². The van der Waals surface area contributed by atoms with E-state index in [2.05, 4.69) is 0 Å². The first-order valence-electron chi connectivity index (χ1n) is 6.90. The first-order chi connectivity index (χ1) is 10.3. The van der Waals surface area contributed by atoms with Crippen LogP contribution < -0.4 is 0 Å². The van der Waals surface area contributed by atoms with Crippen LogP contribution in [-0.4, -0.2) is 27.5 Å². The van der Waals surface area contributed by atoms with Gasteiger partial charge in [0.15, 0.2) is 5.12 Å². The summed E-state index contributed by atoms with van der Waals surface area (Å²) in [4.78, 5) is 12.1. The molecule has 22 heavy (non-hydrogen) atoms. The molecule has 0 amide bonds. The molecule has 0 heterocycles. The third-order valence-corrected chi connectivity index (χ3v) is 4.93. The number of hydrogen-bond donors (Lipinski definition) is 1. The Hall–Kier alpha value is -0.660. The van der Waals surface area contributed by atoms with Gasteiger partial charge in [0.1, 0.15) is 0 Å². The zero-order valence-electron chi connectivity index (χ0n) is 12.4. The summed E-state index contributed by atoms with van der Waals surface area (Å²) in [5.41, 5.74) is -0.433. The van der Waals surface area contributed by atoms with E-state index in [-0.39, 0.29) is 5.12 Å².